The Balaban J connectivity index is 1.51. The van der Waals surface area contributed by atoms with Gasteiger partial charge in [-0.1, -0.05) is 30.3 Å². The zero-order valence-electron chi connectivity index (χ0n) is 16.8. The van der Waals surface area contributed by atoms with Crippen molar-refractivity contribution in [3.63, 3.8) is 0 Å². The first kappa shape index (κ1) is 18.3. The quantitative estimate of drug-likeness (QED) is 0.521. The average molecular weight is 399 g/mol. The molecule has 1 N–H and O–H groups in total. The number of hydrogen-bond acceptors (Lipinski definition) is 6. The number of aryl methyl sites for hydroxylation is 1. The third kappa shape index (κ3) is 3.40. The van der Waals surface area contributed by atoms with Gasteiger partial charge >= 0.3 is 0 Å². The number of nitrogens with zero attached hydrogens (tertiary/aromatic N) is 6. The second-order valence-corrected chi connectivity index (χ2v) is 7.28. The molecule has 1 saturated heterocycles. The Labute approximate surface area is 174 Å². The molecule has 0 saturated carbocycles. The van der Waals surface area contributed by atoms with Crippen LogP contribution in [0.2, 0.25) is 0 Å². The van der Waals surface area contributed by atoms with Gasteiger partial charge in [0.2, 0.25) is 5.82 Å². The first-order chi connectivity index (χ1) is 14.7. The SMILES string of the molecule is C[C@@H]1COCCN1c1nc(C#Cc2ncc(-c3ccccc3)[nH]2)nc2c1ncn2C. The molecular formula is C22H21N7O. The zero-order chi connectivity index (χ0) is 20.5. The molecule has 8 nitrogen and oxygen atoms in total. The molecule has 3 aromatic heterocycles. The van der Waals surface area contributed by atoms with Gasteiger partial charge in [0.05, 0.1) is 37.5 Å². The minimum atomic E-state index is 0.207. The van der Waals surface area contributed by atoms with Crippen LogP contribution in [0.3, 0.4) is 0 Å². The average Bonchev–Trinajstić information content (AvgIpc) is 3.40. The molecule has 0 radical (unpaired) electrons. The molecular weight excluding hydrogens is 378 g/mol. The summed E-state index contributed by atoms with van der Waals surface area (Å²) in [7, 11) is 1.92. The summed E-state index contributed by atoms with van der Waals surface area (Å²) < 4.78 is 7.46. The van der Waals surface area contributed by atoms with Gasteiger partial charge in [-0.05, 0) is 24.3 Å². The van der Waals surface area contributed by atoms with E-state index < -0.39 is 0 Å². The van der Waals surface area contributed by atoms with Gasteiger partial charge in [0.15, 0.2) is 22.8 Å². The van der Waals surface area contributed by atoms with Crippen LogP contribution in [0.5, 0.6) is 0 Å². The molecule has 150 valence electrons. The van der Waals surface area contributed by atoms with Gasteiger partial charge in [-0.25, -0.2) is 19.9 Å². The Kier molecular flexibility index (Phi) is 4.65. The lowest BCUT2D eigenvalue weighted by molar-refractivity contribution is 0.0986. The molecule has 0 spiro atoms. The van der Waals surface area contributed by atoms with Crippen LogP contribution in [0.1, 0.15) is 18.6 Å². The molecule has 1 fully saturated rings. The summed E-state index contributed by atoms with van der Waals surface area (Å²) in [4.78, 5) is 23.7. The number of H-pyrrole nitrogens is 1. The van der Waals surface area contributed by atoms with Crippen molar-refractivity contribution < 1.29 is 4.74 Å². The lowest BCUT2D eigenvalue weighted by atomic mass is 10.2. The van der Waals surface area contributed by atoms with Gasteiger partial charge in [0, 0.05) is 13.6 Å². The van der Waals surface area contributed by atoms with Crippen LogP contribution in [0.4, 0.5) is 5.82 Å². The smallest absolute Gasteiger partial charge is 0.209 e. The first-order valence-corrected chi connectivity index (χ1v) is 9.85. The molecule has 1 aromatic carbocycles. The molecule has 5 rings (SSSR count). The molecule has 4 aromatic rings. The fourth-order valence-electron chi connectivity index (χ4n) is 3.55. The van der Waals surface area contributed by atoms with Gasteiger partial charge in [-0.15, -0.1) is 0 Å². The summed E-state index contributed by atoms with van der Waals surface area (Å²) in [5.74, 6) is 7.93. The lowest BCUT2D eigenvalue weighted by Crippen LogP contribution is -2.44. The van der Waals surface area contributed by atoms with Crippen LogP contribution in [0.25, 0.3) is 22.4 Å². The summed E-state index contributed by atoms with van der Waals surface area (Å²) in [5.41, 5.74) is 3.52. The minimum absolute atomic E-state index is 0.207. The molecule has 30 heavy (non-hydrogen) atoms. The van der Waals surface area contributed by atoms with E-state index in [1.165, 1.54) is 0 Å². The summed E-state index contributed by atoms with van der Waals surface area (Å²) >= 11 is 0. The third-order valence-corrected chi connectivity index (χ3v) is 5.13. The standard InChI is InChI=1S/C22H21N7O/c1-15-13-30-11-10-29(15)22-20-21(28(2)14-24-20)26-19(27-22)9-8-18-23-12-17(25-18)16-6-4-3-5-7-16/h3-7,12,14-15H,10-11,13H2,1-2H3,(H,23,25)/t15-/m1/s1. The van der Waals surface area contributed by atoms with Crippen molar-refractivity contribution in [2.24, 2.45) is 7.05 Å². The Bertz CT molecular complexity index is 1250. The van der Waals surface area contributed by atoms with E-state index in [4.69, 9.17) is 9.72 Å². The number of ether oxygens (including phenoxy) is 1. The van der Waals surface area contributed by atoms with Crippen molar-refractivity contribution in [3.05, 3.63) is 54.5 Å². The predicted octanol–water partition coefficient (Wildman–Crippen LogP) is 2.38. The Morgan fingerprint density at radius 2 is 2.00 bits per heavy atom. The highest BCUT2D eigenvalue weighted by Gasteiger charge is 2.24. The Hall–Kier alpha value is -3.70. The Morgan fingerprint density at radius 1 is 1.13 bits per heavy atom. The monoisotopic (exact) mass is 399 g/mol. The van der Waals surface area contributed by atoms with Crippen LogP contribution >= 0.6 is 0 Å². The summed E-state index contributed by atoms with van der Waals surface area (Å²) in [5, 5.41) is 0. The van der Waals surface area contributed by atoms with Crippen LogP contribution < -0.4 is 4.90 Å². The molecule has 0 aliphatic carbocycles. The van der Waals surface area contributed by atoms with E-state index in [-0.39, 0.29) is 6.04 Å². The maximum Gasteiger partial charge on any atom is 0.209 e. The molecule has 1 aliphatic rings. The number of aromatic nitrogens is 6. The maximum absolute atomic E-state index is 5.57. The normalized spacial score (nSPS) is 16.5. The maximum atomic E-state index is 5.57. The van der Waals surface area contributed by atoms with E-state index in [9.17, 15) is 0 Å². The number of imidazole rings is 2. The number of fused-ring (bicyclic) bond motifs is 1. The van der Waals surface area contributed by atoms with Gasteiger partial charge in [0.25, 0.3) is 0 Å². The number of nitrogens with one attached hydrogen (secondary N) is 1. The first-order valence-electron chi connectivity index (χ1n) is 9.85. The summed E-state index contributed by atoms with van der Waals surface area (Å²) in [6, 6.07) is 10.2. The molecule has 0 unspecified atom stereocenters. The van der Waals surface area contributed by atoms with Crippen LogP contribution in [-0.2, 0) is 11.8 Å². The topological polar surface area (TPSA) is 84.8 Å². The van der Waals surface area contributed by atoms with Gasteiger partial charge in [0.1, 0.15) is 0 Å². The van der Waals surface area contributed by atoms with Crippen LogP contribution in [0, 0.1) is 11.8 Å². The fraction of sp³-hybridized carbons (Fsp3) is 0.273. The molecule has 1 atom stereocenters. The molecule has 1 aliphatic heterocycles. The molecule has 0 bridgehead atoms. The largest absolute Gasteiger partial charge is 0.377 e. The van der Waals surface area contributed by atoms with Crippen molar-refractivity contribution in [2.45, 2.75) is 13.0 Å². The number of rotatable bonds is 2. The summed E-state index contributed by atoms with van der Waals surface area (Å²) in [6.07, 6.45) is 3.54. The van der Waals surface area contributed by atoms with Crippen LogP contribution in [-0.4, -0.2) is 55.3 Å². The van der Waals surface area contributed by atoms with E-state index in [0.717, 1.165) is 34.8 Å². The molecule has 0 amide bonds. The highest BCUT2D eigenvalue weighted by molar-refractivity contribution is 5.84. The highest BCUT2D eigenvalue weighted by atomic mass is 16.5. The van der Waals surface area contributed by atoms with Crippen molar-refractivity contribution in [2.75, 3.05) is 24.7 Å². The minimum Gasteiger partial charge on any atom is -0.377 e. The number of anilines is 1. The number of aromatic amines is 1. The van der Waals surface area contributed by atoms with E-state index >= 15 is 0 Å². The summed E-state index contributed by atoms with van der Waals surface area (Å²) in [6.45, 7) is 4.21. The second-order valence-electron chi connectivity index (χ2n) is 7.28. The van der Waals surface area contributed by atoms with Gasteiger partial charge < -0.3 is 19.2 Å². The number of hydrogen-bond donors (Lipinski definition) is 1. The third-order valence-electron chi connectivity index (χ3n) is 5.13. The lowest BCUT2D eigenvalue weighted by Gasteiger charge is -2.34. The van der Waals surface area contributed by atoms with Crippen molar-refractivity contribution in [1.82, 2.24) is 29.5 Å². The number of benzene rings is 1. The predicted molar refractivity (Wildman–Crippen MR) is 114 cm³/mol. The van der Waals surface area contributed by atoms with Crippen molar-refractivity contribution in [3.8, 4) is 23.1 Å². The highest BCUT2D eigenvalue weighted by Crippen LogP contribution is 2.25. The zero-order valence-corrected chi connectivity index (χ0v) is 16.8. The van der Waals surface area contributed by atoms with Gasteiger partial charge in [-0.3, -0.25) is 0 Å². The van der Waals surface area contributed by atoms with E-state index in [0.29, 0.717) is 24.9 Å². The Morgan fingerprint density at radius 3 is 2.83 bits per heavy atom. The van der Waals surface area contributed by atoms with Crippen LogP contribution in [0.15, 0.2) is 42.9 Å². The molecule has 8 heteroatoms. The van der Waals surface area contributed by atoms with E-state index in [1.54, 1.807) is 12.5 Å². The van der Waals surface area contributed by atoms with Crippen molar-refractivity contribution in [1.29, 1.82) is 0 Å². The molecule has 4 heterocycles. The number of morpholine rings is 1. The van der Waals surface area contributed by atoms with E-state index in [2.05, 4.69) is 43.6 Å². The fourth-order valence-corrected chi connectivity index (χ4v) is 3.55. The van der Waals surface area contributed by atoms with Crippen molar-refractivity contribution >= 4 is 17.0 Å². The van der Waals surface area contributed by atoms with E-state index in [1.807, 2.05) is 41.9 Å². The van der Waals surface area contributed by atoms with Gasteiger partial charge in [-0.2, -0.15) is 0 Å². The second kappa shape index (κ2) is 7.61.